The highest BCUT2D eigenvalue weighted by molar-refractivity contribution is 5.35. The van der Waals surface area contributed by atoms with Crippen molar-refractivity contribution >= 4 is 0 Å². The van der Waals surface area contributed by atoms with Crippen molar-refractivity contribution in [1.82, 2.24) is 0 Å². The average molecular weight is 166 g/mol. The van der Waals surface area contributed by atoms with Gasteiger partial charge in [0.25, 0.3) is 0 Å². The Hall–Kier alpha value is -1.02. The van der Waals surface area contributed by atoms with Crippen LogP contribution in [0, 0.1) is 6.92 Å². The van der Waals surface area contributed by atoms with Crippen LogP contribution in [-0.2, 0) is 5.60 Å². The van der Waals surface area contributed by atoms with E-state index in [0.29, 0.717) is 0 Å². The van der Waals surface area contributed by atoms with Crippen LogP contribution in [0.4, 0.5) is 0 Å². The lowest BCUT2D eigenvalue weighted by Gasteiger charge is -2.18. The molecule has 1 aromatic rings. The molecule has 12 heavy (non-hydrogen) atoms. The van der Waals surface area contributed by atoms with Crippen molar-refractivity contribution in [1.29, 1.82) is 0 Å². The van der Waals surface area contributed by atoms with Gasteiger partial charge in [-0.25, -0.2) is 0 Å². The number of hydrogen-bond acceptors (Lipinski definition) is 2. The molecule has 2 heteroatoms. The second kappa shape index (κ2) is 2.79. The average Bonchev–Trinajstić information content (AvgIpc) is 1.82. The number of aryl methyl sites for hydroxylation is 1. The van der Waals surface area contributed by atoms with Gasteiger partial charge in [0.15, 0.2) is 0 Å². The highest BCUT2D eigenvalue weighted by Crippen LogP contribution is 2.24. The molecule has 0 spiro atoms. The van der Waals surface area contributed by atoms with Crippen LogP contribution in [0.5, 0.6) is 5.75 Å². The Kier molecular flexibility index (Phi) is 2.11. The van der Waals surface area contributed by atoms with Crippen molar-refractivity contribution in [3.63, 3.8) is 0 Å². The smallest absolute Gasteiger partial charge is 0.116 e. The first-order valence-electron chi connectivity index (χ1n) is 3.93. The number of rotatable bonds is 1. The molecule has 0 fully saturated rings. The van der Waals surface area contributed by atoms with E-state index in [1.807, 2.05) is 13.0 Å². The van der Waals surface area contributed by atoms with Gasteiger partial charge in [0.1, 0.15) is 5.75 Å². The summed E-state index contributed by atoms with van der Waals surface area (Å²) in [6, 6.07) is 5.10. The second-order valence-corrected chi connectivity index (χ2v) is 3.62. The molecule has 0 saturated heterocycles. The molecule has 2 N–H and O–H groups in total. The summed E-state index contributed by atoms with van der Waals surface area (Å²) >= 11 is 0. The van der Waals surface area contributed by atoms with Crippen LogP contribution in [-0.4, -0.2) is 10.2 Å². The minimum atomic E-state index is -0.885. The molecule has 0 aliphatic rings. The Balaban J connectivity index is 3.18. The molecular formula is C10H14O2. The van der Waals surface area contributed by atoms with Gasteiger partial charge in [-0.05, 0) is 44.0 Å². The number of aliphatic hydroxyl groups is 1. The monoisotopic (exact) mass is 166 g/mol. The highest BCUT2D eigenvalue weighted by Gasteiger charge is 2.16. The van der Waals surface area contributed by atoms with Gasteiger partial charge in [-0.15, -0.1) is 0 Å². The maximum Gasteiger partial charge on any atom is 0.116 e. The molecule has 0 unspecified atom stereocenters. The van der Waals surface area contributed by atoms with Crippen molar-refractivity contribution < 1.29 is 10.2 Å². The molecule has 0 saturated carbocycles. The second-order valence-electron chi connectivity index (χ2n) is 3.62. The maximum atomic E-state index is 9.63. The molecule has 0 radical (unpaired) electrons. The van der Waals surface area contributed by atoms with Gasteiger partial charge < -0.3 is 10.2 Å². The van der Waals surface area contributed by atoms with Crippen LogP contribution in [0.15, 0.2) is 18.2 Å². The zero-order chi connectivity index (χ0) is 9.35. The molecule has 0 heterocycles. The number of phenolic OH excluding ortho intramolecular Hbond substituents is 1. The molecular weight excluding hydrogens is 152 g/mol. The van der Waals surface area contributed by atoms with Crippen molar-refractivity contribution in [2.75, 3.05) is 0 Å². The van der Waals surface area contributed by atoms with Gasteiger partial charge in [0.2, 0.25) is 0 Å². The first-order chi connectivity index (χ1) is 5.39. The van der Waals surface area contributed by atoms with Crippen LogP contribution in [0.3, 0.4) is 0 Å². The summed E-state index contributed by atoms with van der Waals surface area (Å²) in [5.74, 6) is 0.201. The maximum absolute atomic E-state index is 9.63. The van der Waals surface area contributed by atoms with Gasteiger partial charge in [-0.3, -0.25) is 0 Å². The highest BCUT2D eigenvalue weighted by atomic mass is 16.3. The molecule has 0 amide bonds. The van der Waals surface area contributed by atoms with Crippen LogP contribution in [0.2, 0.25) is 0 Å². The fraction of sp³-hybridized carbons (Fsp3) is 0.400. The predicted molar refractivity (Wildman–Crippen MR) is 48.1 cm³/mol. The van der Waals surface area contributed by atoms with E-state index in [1.165, 1.54) is 0 Å². The summed E-state index contributed by atoms with van der Waals surface area (Å²) in [5, 5.41) is 18.9. The van der Waals surface area contributed by atoms with E-state index in [1.54, 1.807) is 26.0 Å². The molecule has 1 rings (SSSR count). The fourth-order valence-corrected chi connectivity index (χ4v) is 1.12. The number of benzene rings is 1. The van der Waals surface area contributed by atoms with E-state index in [9.17, 15) is 10.2 Å². The third kappa shape index (κ3) is 1.98. The summed E-state index contributed by atoms with van der Waals surface area (Å²) in [6.45, 7) is 5.28. The number of phenols is 1. The summed E-state index contributed by atoms with van der Waals surface area (Å²) in [6.07, 6.45) is 0. The SMILES string of the molecule is Cc1cc(O)cc(C(C)(C)O)c1. The quantitative estimate of drug-likeness (QED) is 0.669. The van der Waals surface area contributed by atoms with Gasteiger partial charge in [-0.1, -0.05) is 6.07 Å². The molecule has 0 bridgehead atoms. The van der Waals surface area contributed by atoms with E-state index in [-0.39, 0.29) is 5.75 Å². The van der Waals surface area contributed by atoms with E-state index in [4.69, 9.17) is 0 Å². The van der Waals surface area contributed by atoms with Crippen LogP contribution >= 0.6 is 0 Å². The van der Waals surface area contributed by atoms with E-state index in [0.717, 1.165) is 11.1 Å². The minimum Gasteiger partial charge on any atom is -0.508 e. The van der Waals surface area contributed by atoms with Gasteiger partial charge in [-0.2, -0.15) is 0 Å². The van der Waals surface area contributed by atoms with Crippen molar-refractivity contribution in [2.45, 2.75) is 26.4 Å². The Labute approximate surface area is 72.5 Å². The van der Waals surface area contributed by atoms with E-state index >= 15 is 0 Å². The third-order valence-electron chi connectivity index (χ3n) is 1.77. The molecule has 1 aromatic carbocycles. The normalized spacial score (nSPS) is 11.7. The van der Waals surface area contributed by atoms with Gasteiger partial charge >= 0.3 is 0 Å². The van der Waals surface area contributed by atoms with Crippen LogP contribution in [0.1, 0.15) is 25.0 Å². The fourth-order valence-electron chi connectivity index (χ4n) is 1.12. The zero-order valence-electron chi connectivity index (χ0n) is 7.63. The number of hydrogen-bond donors (Lipinski definition) is 2. The number of aromatic hydroxyl groups is 1. The van der Waals surface area contributed by atoms with E-state index < -0.39 is 5.60 Å². The molecule has 2 nitrogen and oxygen atoms in total. The molecule has 0 aliphatic carbocycles. The van der Waals surface area contributed by atoms with Crippen LogP contribution in [0.25, 0.3) is 0 Å². The first kappa shape index (κ1) is 9.07. The van der Waals surface area contributed by atoms with E-state index in [2.05, 4.69) is 0 Å². The summed E-state index contributed by atoms with van der Waals surface area (Å²) < 4.78 is 0. The molecule has 0 atom stereocenters. The molecule has 0 aromatic heterocycles. The van der Waals surface area contributed by atoms with Crippen LogP contribution < -0.4 is 0 Å². The lowest BCUT2D eigenvalue weighted by Crippen LogP contribution is -2.15. The molecule has 0 aliphatic heterocycles. The minimum absolute atomic E-state index is 0.201. The standard InChI is InChI=1S/C10H14O2/c1-7-4-8(10(2,3)12)6-9(11)5-7/h4-6,11-12H,1-3H3. The van der Waals surface area contributed by atoms with Crippen molar-refractivity contribution in [2.24, 2.45) is 0 Å². The summed E-state index contributed by atoms with van der Waals surface area (Å²) in [5.41, 5.74) is 0.802. The van der Waals surface area contributed by atoms with Crippen molar-refractivity contribution in [3.8, 4) is 5.75 Å². The van der Waals surface area contributed by atoms with Gasteiger partial charge in [0.05, 0.1) is 5.60 Å². The Morgan fingerprint density at radius 3 is 2.17 bits per heavy atom. The Morgan fingerprint density at radius 1 is 1.17 bits per heavy atom. The lowest BCUT2D eigenvalue weighted by molar-refractivity contribution is 0.0782. The lowest BCUT2D eigenvalue weighted by atomic mass is 9.96. The summed E-state index contributed by atoms with van der Waals surface area (Å²) in [7, 11) is 0. The Bertz CT molecular complexity index is 264. The third-order valence-corrected chi connectivity index (χ3v) is 1.77. The largest absolute Gasteiger partial charge is 0.508 e. The molecule has 66 valence electrons. The van der Waals surface area contributed by atoms with Gasteiger partial charge in [0, 0.05) is 0 Å². The Morgan fingerprint density at radius 2 is 1.75 bits per heavy atom. The topological polar surface area (TPSA) is 40.5 Å². The summed E-state index contributed by atoms with van der Waals surface area (Å²) in [4.78, 5) is 0. The predicted octanol–water partition coefficient (Wildman–Crippen LogP) is 1.93. The first-order valence-corrected chi connectivity index (χ1v) is 3.93. The van der Waals surface area contributed by atoms with Crippen molar-refractivity contribution in [3.05, 3.63) is 29.3 Å². The zero-order valence-corrected chi connectivity index (χ0v) is 7.63.